The van der Waals surface area contributed by atoms with Crippen molar-refractivity contribution in [2.45, 2.75) is 18.9 Å². The summed E-state index contributed by atoms with van der Waals surface area (Å²) in [7, 11) is 0. The highest BCUT2D eigenvalue weighted by molar-refractivity contribution is 7.99. The van der Waals surface area contributed by atoms with E-state index in [4.69, 9.17) is 0 Å². The molecule has 7 heteroatoms. The van der Waals surface area contributed by atoms with Gasteiger partial charge in [0.05, 0.1) is 11.6 Å². The fraction of sp³-hybridized carbons (Fsp3) is 0.333. The van der Waals surface area contributed by atoms with Crippen LogP contribution in [0.25, 0.3) is 16.9 Å². The van der Waals surface area contributed by atoms with Gasteiger partial charge in [0.15, 0.2) is 11.5 Å². The first kappa shape index (κ1) is 13.5. The Morgan fingerprint density at radius 3 is 2.86 bits per heavy atom. The third-order valence-electron chi connectivity index (χ3n) is 3.79. The van der Waals surface area contributed by atoms with Gasteiger partial charge in [-0.2, -0.15) is 21.5 Å². The van der Waals surface area contributed by atoms with Crippen molar-refractivity contribution in [2.75, 3.05) is 16.8 Å². The highest BCUT2D eigenvalue weighted by atomic mass is 32.2. The minimum atomic E-state index is 0.484. The molecule has 1 aliphatic rings. The van der Waals surface area contributed by atoms with Crippen LogP contribution in [-0.2, 0) is 0 Å². The van der Waals surface area contributed by atoms with E-state index in [-0.39, 0.29) is 0 Å². The van der Waals surface area contributed by atoms with Crippen molar-refractivity contribution in [1.29, 1.82) is 0 Å². The highest BCUT2D eigenvalue weighted by Crippen LogP contribution is 2.25. The van der Waals surface area contributed by atoms with Crippen molar-refractivity contribution < 1.29 is 0 Å². The van der Waals surface area contributed by atoms with E-state index in [0.717, 1.165) is 22.7 Å². The summed E-state index contributed by atoms with van der Waals surface area (Å²) in [6, 6.07) is 6.23. The topological polar surface area (TPSA) is 68.5 Å². The first-order valence-corrected chi connectivity index (χ1v) is 8.52. The van der Waals surface area contributed by atoms with E-state index in [0.29, 0.717) is 6.04 Å². The Morgan fingerprint density at radius 1 is 1.14 bits per heavy atom. The lowest BCUT2D eigenvalue weighted by molar-refractivity contribution is 0.664. The van der Waals surface area contributed by atoms with Crippen LogP contribution in [0.15, 0.2) is 36.9 Å². The summed E-state index contributed by atoms with van der Waals surface area (Å²) in [4.78, 5) is 13.1. The summed E-state index contributed by atoms with van der Waals surface area (Å²) in [5, 5.41) is 8.91. The van der Waals surface area contributed by atoms with E-state index in [1.54, 1.807) is 17.2 Å². The van der Waals surface area contributed by atoms with Gasteiger partial charge in [-0.3, -0.25) is 0 Å². The molecule has 4 heterocycles. The Labute approximate surface area is 132 Å². The van der Waals surface area contributed by atoms with Gasteiger partial charge in [0.2, 0.25) is 0 Å². The lowest BCUT2D eigenvalue weighted by Gasteiger charge is -2.23. The van der Waals surface area contributed by atoms with Crippen LogP contribution in [0.1, 0.15) is 12.8 Å². The molecular weight excluding hydrogens is 296 g/mol. The number of aromatic nitrogens is 5. The van der Waals surface area contributed by atoms with Crippen LogP contribution in [0.3, 0.4) is 0 Å². The summed E-state index contributed by atoms with van der Waals surface area (Å²) < 4.78 is 1.75. The molecule has 0 aromatic carbocycles. The summed E-state index contributed by atoms with van der Waals surface area (Å²) in [5.41, 5.74) is 0.779. The average molecular weight is 312 g/mol. The molecule has 0 saturated carbocycles. The molecule has 1 saturated heterocycles. The van der Waals surface area contributed by atoms with Crippen LogP contribution in [0.5, 0.6) is 0 Å². The monoisotopic (exact) mass is 312 g/mol. The lowest BCUT2D eigenvalue weighted by Crippen LogP contribution is -2.25. The lowest BCUT2D eigenvalue weighted by atomic mass is 10.1. The number of nitrogens with zero attached hydrogens (tertiary/aromatic N) is 5. The van der Waals surface area contributed by atoms with Crippen LogP contribution < -0.4 is 5.32 Å². The molecule has 0 aliphatic carbocycles. The number of hydrogen-bond donors (Lipinski definition) is 1. The van der Waals surface area contributed by atoms with E-state index in [9.17, 15) is 0 Å². The van der Waals surface area contributed by atoms with Crippen LogP contribution in [-0.4, -0.2) is 42.3 Å². The minimum Gasteiger partial charge on any atom is -0.367 e. The molecule has 0 spiro atoms. The van der Waals surface area contributed by atoms with Crippen molar-refractivity contribution >= 4 is 28.6 Å². The SMILES string of the molecule is c1ccc(-n2ncc3c(NC4CCSCC4)ncnc32)nc1. The summed E-state index contributed by atoms with van der Waals surface area (Å²) >= 11 is 2.02. The molecule has 1 N–H and O–H groups in total. The normalized spacial score (nSPS) is 16.0. The molecule has 0 unspecified atom stereocenters. The second-order valence-electron chi connectivity index (χ2n) is 5.23. The van der Waals surface area contributed by atoms with Gasteiger partial charge in [-0.25, -0.2) is 15.0 Å². The Balaban J connectivity index is 1.70. The number of hydrogen-bond acceptors (Lipinski definition) is 6. The maximum absolute atomic E-state index is 4.43. The fourth-order valence-corrected chi connectivity index (χ4v) is 3.75. The van der Waals surface area contributed by atoms with Crippen LogP contribution in [0, 0.1) is 0 Å². The Morgan fingerprint density at radius 2 is 2.05 bits per heavy atom. The zero-order chi connectivity index (χ0) is 14.8. The second kappa shape index (κ2) is 5.92. The van der Waals surface area contributed by atoms with Gasteiger partial charge < -0.3 is 5.32 Å². The zero-order valence-corrected chi connectivity index (χ0v) is 12.8. The van der Waals surface area contributed by atoms with Crippen LogP contribution >= 0.6 is 11.8 Å². The van der Waals surface area contributed by atoms with Crippen LogP contribution in [0.2, 0.25) is 0 Å². The van der Waals surface area contributed by atoms with Gasteiger partial charge >= 0.3 is 0 Å². The first-order valence-electron chi connectivity index (χ1n) is 7.36. The van der Waals surface area contributed by atoms with Gasteiger partial charge in [0.1, 0.15) is 12.1 Å². The van der Waals surface area contributed by atoms with Gasteiger partial charge in [0, 0.05) is 12.2 Å². The maximum Gasteiger partial charge on any atom is 0.170 e. The van der Waals surface area contributed by atoms with Crippen molar-refractivity contribution in [3.05, 3.63) is 36.9 Å². The fourth-order valence-electron chi connectivity index (χ4n) is 2.64. The van der Waals surface area contributed by atoms with E-state index >= 15 is 0 Å². The van der Waals surface area contributed by atoms with Crippen LogP contribution in [0.4, 0.5) is 5.82 Å². The van der Waals surface area contributed by atoms with Gasteiger partial charge in [0.25, 0.3) is 0 Å². The van der Waals surface area contributed by atoms with Crippen molar-refractivity contribution in [1.82, 2.24) is 24.7 Å². The third kappa shape index (κ3) is 2.52. The van der Waals surface area contributed by atoms with Crippen molar-refractivity contribution in [2.24, 2.45) is 0 Å². The molecule has 0 radical (unpaired) electrons. The van der Waals surface area contributed by atoms with E-state index in [1.165, 1.54) is 24.3 Å². The number of rotatable bonds is 3. The van der Waals surface area contributed by atoms with Crippen molar-refractivity contribution in [3.63, 3.8) is 0 Å². The molecule has 0 bridgehead atoms. The van der Waals surface area contributed by atoms with Crippen molar-refractivity contribution in [3.8, 4) is 5.82 Å². The van der Waals surface area contributed by atoms with Gasteiger partial charge in [-0.15, -0.1) is 0 Å². The summed E-state index contributed by atoms with van der Waals surface area (Å²) in [6.07, 6.45) is 7.49. The number of anilines is 1. The first-order chi connectivity index (χ1) is 10.9. The smallest absolute Gasteiger partial charge is 0.170 e. The molecule has 3 aromatic rings. The van der Waals surface area contributed by atoms with E-state index in [1.807, 2.05) is 36.2 Å². The Hall–Kier alpha value is -2.15. The highest BCUT2D eigenvalue weighted by Gasteiger charge is 2.17. The molecule has 0 amide bonds. The van der Waals surface area contributed by atoms with Gasteiger partial charge in [-0.05, 0) is 36.5 Å². The quantitative estimate of drug-likeness (QED) is 0.801. The average Bonchev–Trinajstić information content (AvgIpc) is 3.02. The zero-order valence-electron chi connectivity index (χ0n) is 12.0. The number of thioether (sulfide) groups is 1. The third-order valence-corrected chi connectivity index (χ3v) is 4.84. The maximum atomic E-state index is 4.43. The predicted octanol–water partition coefficient (Wildman–Crippen LogP) is 2.52. The molecule has 22 heavy (non-hydrogen) atoms. The summed E-state index contributed by atoms with van der Waals surface area (Å²) in [6.45, 7) is 0. The van der Waals surface area contributed by atoms with Gasteiger partial charge in [-0.1, -0.05) is 6.07 Å². The second-order valence-corrected chi connectivity index (χ2v) is 6.46. The number of nitrogens with one attached hydrogen (secondary N) is 1. The largest absolute Gasteiger partial charge is 0.367 e. The standard InChI is InChI=1S/C15H16N6S/c1-2-6-16-13(3-1)21-15-12(9-19-21)14(17-10-18-15)20-11-4-7-22-8-5-11/h1-3,6,9-11H,4-5,7-8H2,(H,17,18,20). The van der Waals surface area contributed by atoms with E-state index < -0.39 is 0 Å². The molecule has 1 fully saturated rings. The minimum absolute atomic E-state index is 0.484. The van der Waals surface area contributed by atoms with E-state index in [2.05, 4.69) is 25.4 Å². The number of pyridine rings is 1. The Bertz CT molecular complexity index is 766. The summed E-state index contributed by atoms with van der Waals surface area (Å²) in [5.74, 6) is 4.04. The molecular formula is C15H16N6S. The molecule has 0 atom stereocenters. The Kier molecular flexibility index (Phi) is 3.64. The molecule has 3 aromatic heterocycles. The molecule has 6 nitrogen and oxygen atoms in total. The number of fused-ring (bicyclic) bond motifs is 1. The molecule has 4 rings (SSSR count). The molecule has 112 valence electrons. The predicted molar refractivity (Wildman–Crippen MR) is 88.4 cm³/mol. The molecule has 1 aliphatic heterocycles.